The highest BCUT2D eigenvalue weighted by molar-refractivity contribution is 5.78. The van der Waals surface area contributed by atoms with E-state index in [1.54, 1.807) is 0 Å². The number of aliphatic imine (C=N–C) groups is 1. The highest BCUT2D eigenvalue weighted by Crippen LogP contribution is 2.33. The molecule has 1 aromatic carbocycles. The first-order chi connectivity index (χ1) is 13.3. The normalized spacial score (nSPS) is 25.1. The van der Waals surface area contributed by atoms with E-state index in [-0.39, 0.29) is 12.1 Å². The maximum atomic E-state index is 6.00. The number of amidine groups is 1. The molecule has 4 rings (SSSR count). The average molecular weight is 370 g/mol. The van der Waals surface area contributed by atoms with Crippen LogP contribution in [0.1, 0.15) is 50.5 Å². The van der Waals surface area contributed by atoms with Gasteiger partial charge in [0.05, 0.1) is 19.2 Å². The molecule has 1 saturated heterocycles. The molecular weight excluding hydrogens is 340 g/mol. The van der Waals surface area contributed by atoms with E-state index in [0.717, 1.165) is 24.8 Å². The van der Waals surface area contributed by atoms with Crippen LogP contribution in [0.5, 0.6) is 5.75 Å². The van der Waals surface area contributed by atoms with E-state index in [4.69, 9.17) is 14.2 Å². The van der Waals surface area contributed by atoms with Crippen molar-refractivity contribution in [1.82, 2.24) is 4.90 Å². The van der Waals surface area contributed by atoms with Gasteiger partial charge in [0.2, 0.25) is 0 Å². The summed E-state index contributed by atoms with van der Waals surface area (Å²) in [7, 11) is 0. The molecule has 5 nitrogen and oxygen atoms in total. The summed E-state index contributed by atoms with van der Waals surface area (Å²) in [6.45, 7) is 4.69. The van der Waals surface area contributed by atoms with Crippen molar-refractivity contribution in [1.29, 1.82) is 0 Å². The number of ether oxygens (including phenoxy) is 3. The van der Waals surface area contributed by atoms with Gasteiger partial charge in [-0.25, -0.2) is 4.99 Å². The van der Waals surface area contributed by atoms with Crippen molar-refractivity contribution < 1.29 is 14.2 Å². The van der Waals surface area contributed by atoms with E-state index >= 15 is 0 Å². The first kappa shape index (κ1) is 18.4. The molecule has 2 heterocycles. The van der Waals surface area contributed by atoms with Gasteiger partial charge in [-0.1, -0.05) is 31.4 Å². The van der Waals surface area contributed by atoms with E-state index in [1.165, 1.54) is 37.7 Å². The molecule has 0 amide bonds. The van der Waals surface area contributed by atoms with Crippen molar-refractivity contribution >= 4 is 6.02 Å². The summed E-state index contributed by atoms with van der Waals surface area (Å²) >= 11 is 0. The van der Waals surface area contributed by atoms with Crippen LogP contribution in [0.3, 0.4) is 0 Å². The fraction of sp³-hybridized carbons (Fsp3) is 0.591. The van der Waals surface area contributed by atoms with Crippen LogP contribution in [0.4, 0.5) is 0 Å². The molecule has 1 aromatic rings. The molecule has 0 bridgehead atoms. The monoisotopic (exact) mass is 370 g/mol. The van der Waals surface area contributed by atoms with E-state index in [1.807, 2.05) is 13.1 Å². The van der Waals surface area contributed by atoms with Gasteiger partial charge < -0.3 is 19.1 Å². The Hall–Kier alpha value is -2.01. The molecule has 2 atom stereocenters. The second-order valence-electron chi connectivity index (χ2n) is 7.59. The van der Waals surface area contributed by atoms with Gasteiger partial charge in [-0.2, -0.15) is 0 Å². The van der Waals surface area contributed by atoms with E-state index in [2.05, 4.69) is 40.2 Å². The van der Waals surface area contributed by atoms with Crippen LogP contribution < -0.4 is 4.74 Å². The number of hydrogen-bond donors (Lipinski definition) is 0. The van der Waals surface area contributed by atoms with E-state index in [9.17, 15) is 0 Å². The van der Waals surface area contributed by atoms with Crippen LogP contribution in [0.2, 0.25) is 0 Å². The van der Waals surface area contributed by atoms with E-state index in [0.29, 0.717) is 19.2 Å². The van der Waals surface area contributed by atoms with Crippen LogP contribution in [-0.4, -0.2) is 49.4 Å². The SMILES string of the molecule is CCOCC1C=CN=C2O[C@H](COc3ccc(C4CCCCC4)cc3)CN21. The van der Waals surface area contributed by atoms with Crippen molar-refractivity contribution in [3.8, 4) is 5.75 Å². The molecule has 0 radical (unpaired) electrons. The fourth-order valence-corrected chi connectivity index (χ4v) is 4.18. The van der Waals surface area contributed by atoms with Gasteiger partial charge in [0.25, 0.3) is 6.02 Å². The summed E-state index contributed by atoms with van der Waals surface area (Å²) in [5, 5.41) is 0. The second kappa shape index (κ2) is 8.79. The third kappa shape index (κ3) is 4.46. The summed E-state index contributed by atoms with van der Waals surface area (Å²) < 4.78 is 17.5. The van der Waals surface area contributed by atoms with Crippen molar-refractivity contribution in [3.63, 3.8) is 0 Å². The lowest BCUT2D eigenvalue weighted by molar-refractivity contribution is 0.109. The van der Waals surface area contributed by atoms with Crippen molar-refractivity contribution in [2.75, 3.05) is 26.4 Å². The molecule has 2 aliphatic heterocycles. The van der Waals surface area contributed by atoms with Crippen LogP contribution in [0.15, 0.2) is 41.5 Å². The number of rotatable bonds is 7. The molecule has 0 N–H and O–H groups in total. The Bertz CT molecular complexity index is 665. The molecule has 3 aliphatic rings. The zero-order chi connectivity index (χ0) is 18.5. The lowest BCUT2D eigenvalue weighted by Gasteiger charge is -2.26. The zero-order valence-corrected chi connectivity index (χ0v) is 16.2. The average Bonchev–Trinajstić information content (AvgIpc) is 3.15. The number of hydrogen-bond acceptors (Lipinski definition) is 5. The smallest absolute Gasteiger partial charge is 0.293 e. The van der Waals surface area contributed by atoms with Crippen molar-refractivity contribution in [2.45, 2.75) is 57.1 Å². The lowest BCUT2D eigenvalue weighted by Crippen LogP contribution is -2.40. The van der Waals surface area contributed by atoms with Gasteiger partial charge in [0, 0.05) is 12.8 Å². The predicted octanol–water partition coefficient (Wildman–Crippen LogP) is 4.10. The lowest BCUT2D eigenvalue weighted by atomic mass is 9.84. The molecule has 1 unspecified atom stereocenters. The Morgan fingerprint density at radius 1 is 1.11 bits per heavy atom. The number of fused-ring (bicyclic) bond motifs is 1. The summed E-state index contributed by atoms with van der Waals surface area (Å²) in [6.07, 6.45) is 10.6. The Kier molecular flexibility index (Phi) is 5.97. The second-order valence-corrected chi connectivity index (χ2v) is 7.59. The standard InChI is InChI=1S/C22H30N2O3/c1-2-25-15-19-12-13-23-22-24(19)14-21(27-22)16-26-20-10-8-18(9-11-20)17-6-4-3-5-7-17/h8-13,17,19,21H,2-7,14-16H2,1H3/t19?,21-/m0/s1. The molecule has 27 heavy (non-hydrogen) atoms. The minimum atomic E-state index is -0.00852. The van der Waals surface area contributed by atoms with E-state index < -0.39 is 0 Å². The fourth-order valence-electron chi connectivity index (χ4n) is 4.18. The molecule has 2 fully saturated rings. The highest BCUT2D eigenvalue weighted by Gasteiger charge is 2.35. The van der Waals surface area contributed by atoms with Gasteiger partial charge in [-0.3, -0.25) is 0 Å². The van der Waals surface area contributed by atoms with Crippen LogP contribution in [-0.2, 0) is 9.47 Å². The Labute approximate surface area is 162 Å². The van der Waals surface area contributed by atoms with Crippen LogP contribution in [0, 0.1) is 0 Å². The van der Waals surface area contributed by atoms with Crippen LogP contribution in [0.25, 0.3) is 0 Å². The number of benzene rings is 1. The van der Waals surface area contributed by atoms with Gasteiger partial charge in [0.1, 0.15) is 12.4 Å². The third-order valence-electron chi connectivity index (χ3n) is 5.70. The highest BCUT2D eigenvalue weighted by atomic mass is 16.6. The van der Waals surface area contributed by atoms with Crippen molar-refractivity contribution in [3.05, 3.63) is 42.1 Å². The summed E-state index contributed by atoms with van der Waals surface area (Å²) in [6, 6.07) is 9.54. The Balaban J connectivity index is 1.28. The quantitative estimate of drug-likeness (QED) is 0.725. The number of nitrogens with zero attached hydrogens (tertiary/aromatic N) is 2. The molecule has 5 heteroatoms. The maximum absolute atomic E-state index is 6.00. The molecule has 146 valence electrons. The molecule has 1 aliphatic carbocycles. The Morgan fingerprint density at radius 3 is 2.70 bits per heavy atom. The predicted molar refractivity (Wildman–Crippen MR) is 106 cm³/mol. The molecule has 0 spiro atoms. The van der Waals surface area contributed by atoms with Gasteiger partial charge >= 0.3 is 0 Å². The zero-order valence-electron chi connectivity index (χ0n) is 16.2. The van der Waals surface area contributed by atoms with Gasteiger partial charge in [0.15, 0.2) is 6.10 Å². The molecule has 1 saturated carbocycles. The molecule has 0 aromatic heterocycles. The minimum absolute atomic E-state index is 0.00852. The van der Waals surface area contributed by atoms with Crippen LogP contribution >= 0.6 is 0 Å². The maximum Gasteiger partial charge on any atom is 0.293 e. The van der Waals surface area contributed by atoms with Crippen molar-refractivity contribution in [2.24, 2.45) is 4.99 Å². The van der Waals surface area contributed by atoms with Gasteiger partial charge in [-0.15, -0.1) is 0 Å². The summed E-state index contributed by atoms with van der Waals surface area (Å²) in [5.41, 5.74) is 1.45. The van der Waals surface area contributed by atoms with Gasteiger partial charge in [-0.05, 0) is 49.5 Å². The Morgan fingerprint density at radius 2 is 1.93 bits per heavy atom. The minimum Gasteiger partial charge on any atom is -0.490 e. The molecular formula is C22H30N2O3. The first-order valence-electron chi connectivity index (χ1n) is 10.3. The first-order valence-corrected chi connectivity index (χ1v) is 10.3. The third-order valence-corrected chi connectivity index (χ3v) is 5.70. The largest absolute Gasteiger partial charge is 0.490 e. The summed E-state index contributed by atoms with van der Waals surface area (Å²) in [4.78, 5) is 6.51. The summed E-state index contributed by atoms with van der Waals surface area (Å²) in [5.74, 6) is 1.64. The topological polar surface area (TPSA) is 43.3 Å².